The molecule has 0 fully saturated rings. The molecule has 7 aromatic rings. The first-order valence-corrected chi connectivity index (χ1v) is 20.8. The number of aryl methyl sites for hydroxylation is 6. The van der Waals surface area contributed by atoms with Crippen LogP contribution in [0.15, 0.2) is 97.1 Å². The average molecular weight is 807 g/mol. The highest BCUT2D eigenvalue weighted by molar-refractivity contribution is 6.01. The average Bonchev–Trinajstić information content (AvgIpc) is 4.10. The van der Waals surface area contributed by atoms with E-state index in [1.807, 2.05) is 24.3 Å². The first-order chi connectivity index (χ1) is 30.1. The highest BCUT2D eigenvalue weighted by Gasteiger charge is 2.22. The number of hydrogen-bond acceptors (Lipinski definition) is 4. The van der Waals surface area contributed by atoms with Crippen LogP contribution in [0.25, 0.3) is 90.9 Å². The van der Waals surface area contributed by atoms with Crippen molar-refractivity contribution in [3.63, 3.8) is 0 Å². The summed E-state index contributed by atoms with van der Waals surface area (Å²) in [5, 5.41) is 0. The molecule has 0 spiro atoms. The molecule has 6 nitrogen and oxygen atoms in total. The third kappa shape index (κ3) is 7.38. The van der Waals surface area contributed by atoms with E-state index in [1.165, 1.54) is 33.4 Å². The Morgan fingerprint density at radius 1 is 0.419 bits per heavy atom. The zero-order chi connectivity index (χ0) is 43.1. The van der Waals surface area contributed by atoms with Crippen LogP contribution < -0.4 is 9.47 Å². The third-order valence-electron chi connectivity index (χ3n) is 11.5. The lowest BCUT2D eigenvalue weighted by Gasteiger charge is -2.13. The van der Waals surface area contributed by atoms with Crippen LogP contribution in [0.1, 0.15) is 56.2 Å². The Kier molecular flexibility index (Phi) is 10.4. The van der Waals surface area contributed by atoms with Crippen molar-refractivity contribution in [2.75, 3.05) is 13.2 Å². The van der Waals surface area contributed by atoms with Crippen LogP contribution >= 0.6 is 0 Å². The number of hydrogen-bond donors (Lipinski definition) is 2. The number of aromatic nitrogens is 4. The van der Waals surface area contributed by atoms with Gasteiger partial charge in [-0.15, -0.1) is 12.8 Å². The third-order valence-corrected chi connectivity index (χ3v) is 11.5. The molecule has 0 saturated carbocycles. The Morgan fingerprint density at radius 2 is 0.726 bits per heavy atom. The molecule has 8 bridgehead atoms. The van der Waals surface area contributed by atoms with E-state index < -0.39 is 0 Å². The fraction of sp³-hybridized carbons (Fsp3) is 0.143. The highest BCUT2D eigenvalue weighted by atomic mass is 16.5. The molecule has 62 heavy (non-hydrogen) atoms. The minimum absolute atomic E-state index is 0.197. The Labute approximate surface area is 363 Å². The van der Waals surface area contributed by atoms with Gasteiger partial charge < -0.3 is 19.4 Å². The van der Waals surface area contributed by atoms with Crippen LogP contribution in [-0.2, 0) is 0 Å². The van der Waals surface area contributed by atoms with Crippen LogP contribution in [0, 0.1) is 66.2 Å². The highest BCUT2D eigenvalue weighted by Crippen LogP contribution is 2.41. The van der Waals surface area contributed by atoms with Gasteiger partial charge in [-0.25, -0.2) is 9.97 Å². The molecule has 0 saturated heterocycles. The molecule has 0 aliphatic carbocycles. The first-order valence-electron chi connectivity index (χ1n) is 20.8. The van der Waals surface area contributed by atoms with Crippen molar-refractivity contribution in [1.82, 2.24) is 19.9 Å². The first kappa shape index (κ1) is 39.6. The van der Waals surface area contributed by atoms with Crippen LogP contribution in [0.2, 0.25) is 0 Å². The van der Waals surface area contributed by atoms with Crippen molar-refractivity contribution < 1.29 is 9.47 Å². The van der Waals surface area contributed by atoms with E-state index in [1.54, 1.807) is 0 Å². The largest absolute Gasteiger partial charge is 0.481 e. The lowest BCUT2D eigenvalue weighted by Crippen LogP contribution is -1.95. The van der Waals surface area contributed by atoms with Gasteiger partial charge in [0.1, 0.15) is 24.7 Å². The Hall–Kier alpha value is -7.80. The van der Waals surface area contributed by atoms with E-state index in [2.05, 4.69) is 160 Å². The molecule has 3 aromatic heterocycles. The van der Waals surface area contributed by atoms with Gasteiger partial charge in [-0.05, 0) is 159 Å². The van der Waals surface area contributed by atoms with Gasteiger partial charge in [-0.2, -0.15) is 0 Å². The Morgan fingerprint density at radius 3 is 1.05 bits per heavy atom. The van der Waals surface area contributed by atoms with Crippen molar-refractivity contribution in [2.24, 2.45) is 0 Å². The number of H-pyrrole nitrogens is 2. The molecule has 2 N–H and O–H groups in total. The second-order valence-electron chi connectivity index (χ2n) is 16.1. The summed E-state index contributed by atoms with van der Waals surface area (Å²) in [4.78, 5) is 18.8. The molecule has 0 unspecified atom stereocenters. The molecule has 302 valence electrons. The van der Waals surface area contributed by atoms with Gasteiger partial charge in [-0.3, -0.25) is 0 Å². The standard InChI is InChI=1S/C56H46N4O2/c1-9-27-61-41-15-11-39(12-16-41)53-43-19-23-47(57-43)55(51-35(5)29-33(3)30-36(51)6)49-25-21-45(59-49)54(40-13-17-42(18-14-40)62-28-10-2)46-22-26-50(60-46)56(48-24-20-44(53)58-48)52-37(7)31-34(4)32-38(52)8/h1-2,11-26,29-32,57,60H,27-28H2,3-8H3. The van der Waals surface area contributed by atoms with Gasteiger partial charge >= 0.3 is 0 Å². The fourth-order valence-electron chi connectivity index (χ4n) is 9.17. The van der Waals surface area contributed by atoms with Crippen molar-refractivity contribution in [1.29, 1.82) is 0 Å². The maximum atomic E-state index is 5.78. The molecule has 4 aromatic carbocycles. The van der Waals surface area contributed by atoms with Gasteiger partial charge in [-0.1, -0.05) is 71.5 Å². The van der Waals surface area contributed by atoms with Gasteiger partial charge in [0.15, 0.2) is 0 Å². The van der Waals surface area contributed by atoms with Crippen molar-refractivity contribution in [3.05, 3.63) is 153 Å². The monoisotopic (exact) mass is 806 g/mol. The summed E-state index contributed by atoms with van der Waals surface area (Å²) in [5.41, 5.74) is 22.4. The fourth-order valence-corrected chi connectivity index (χ4v) is 9.17. The van der Waals surface area contributed by atoms with E-state index in [0.29, 0.717) is 11.5 Å². The molecule has 2 aliphatic heterocycles. The minimum atomic E-state index is 0.197. The summed E-state index contributed by atoms with van der Waals surface area (Å²) < 4.78 is 11.6. The second kappa shape index (κ2) is 16.3. The number of nitrogens with one attached hydrogen (secondary N) is 2. The van der Waals surface area contributed by atoms with Gasteiger partial charge in [0, 0.05) is 44.3 Å². The summed E-state index contributed by atoms with van der Waals surface area (Å²) in [6.07, 6.45) is 19.6. The number of benzene rings is 4. The smallest absolute Gasteiger partial charge is 0.148 e. The number of nitrogens with zero attached hydrogens (tertiary/aromatic N) is 2. The maximum absolute atomic E-state index is 5.78. The summed E-state index contributed by atoms with van der Waals surface area (Å²) in [5.74, 6) is 6.53. The Bertz CT molecular complexity index is 2990. The van der Waals surface area contributed by atoms with Crippen LogP contribution in [0.5, 0.6) is 11.5 Å². The molecule has 2 aliphatic rings. The normalized spacial score (nSPS) is 11.7. The molecule has 6 heteroatoms. The van der Waals surface area contributed by atoms with Crippen LogP contribution in [0.4, 0.5) is 0 Å². The molecular formula is C56H46N4O2. The molecule has 9 rings (SSSR count). The predicted octanol–water partition coefficient (Wildman–Crippen LogP) is 13.2. The summed E-state index contributed by atoms with van der Waals surface area (Å²) in [6, 6.07) is 33.7. The number of fused-ring (bicyclic) bond motifs is 8. The molecule has 0 atom stereocenters. The number of aromatic amines is 2. The van der Waals surface area contributed by atoms with Crippen molar-refractivity contribution in [3.8, 4) is 80.7 Å². The summed E-state index contributed by atoms with van der Waals surface area (Å²) in [7, 11) is 0. The van der Waals surface area contributed by atoms with Crippen LogP contribution in [0.3, 0.4) is 0 Å². The lowest BCUT2D eigenvalue weighted by atomic mass is 9.92. The zero-order valence-corrected chi connectivity index (χ0v) is 35.8. The van der Waals surface area contributed by atoms with E-state index >= 15 is 0 Å². The molecule has 5 heterocycles. The number of ether oxygens (including phenoxy) is 2. The van der Waals surface area contributed by atoms with Gasteiger partial charge in [0.25, 0.3) is 0 Å². The van der Waals surface area contributed by atoms with Crippen molar-refractivity contribution >= 4 is 46.4 Å². The predicted molar refractivity (Wildman–Crippen MR) is 258 cm³/mol. The lowest BCUT2D eigenvalue weighted by molar-refractivity contribution is 0.370. The van der Waals surface area contributed by atoms with Crippen LogP contribution in [-0.4, -0.2) is 33.1 Å². The van der Waals surface area contributed by atoms with E-state index in [-0.39, 0.29) is 13.2 Å². The number of terminal acetylenes is 2. The quantitative estimate of drug-likeness (QED) is 0.150. The minimum Gasteiger partial charge on any atom is -0.481 e. The van der Waals surface area contributed by atoms with E-state index in [0.717, 1.165) is 89.4 Å². The van der Waals surface area contributed by atoms with E-state index in [4.69, 9.17) is 32.3 Å². The van der Waals surface area contributed by atoms with Gasteiger partial charge in [0.2, 0.25) is 0 Å². The SMILES string of the molecule is C#CCOc1ccc(-c2c3nc(c(-c4c(C)cc(C)cc4C)c4ccc([nH]4)c(-c4ccc(OCC#C)cc4)c4nc(c(-c5c(C)cc(C)cc5C)c5ccc2[nH]5)C=C4)C=C3)cc1. The number of rotatable bonds is 8. The summed E-state index contributed by atoms with van der Waals surface area (Å²) in [6.45, 7) is 13.4. The second-order valence-corrected chi connectivity index (χ2v) is 16.1. The molecule has 0 radical (unpaired) electrons. The topological polar surface area (TPSA) is 75.8 Å². The van der Waals surface area contributed by atoms with E-state index in [9.17, 15) is 0 Å². The van der Waals surface area contributed by atoms with Gasteiger partial charge in [0.05, 0.1) is 22.8 Å². The maximum Gasteiger partial charge on any atom is 0.148 e. The zero-order valence-electron chi connectivity index (χ0n) is 35.8. The van der Waals surface area contributed by atoms with Crippen molar-refractivity contribution in [2.45, 2.75) is 41.5 Å². The molecule has 0 amide bonds. The summed E-state index contributed by atoms with van der Waals surface area (Å²) >= 11 is 0. The Balaban J connectivity index is 1.45. The molecular weight excluding hydrogens is 761 g/mol.